The molecule has 3 N–H and O–H groups in total. The number of aromatic nitrogens is 1. The fourth-order valence-corrected chi connectivity index (χ4v) is 4.14. The summed E-state index contributed by atoms with van der Waals surface area (Å²) in [7, 11) is 0. The Hall–Kier alpha value is -4.19. The van der Waals surface area contributed by atoms with Gasteiger partial charge in [0.15, 0.2) is 0 Å². The van der Waals surface area contributed by atoms with Crippen LogP contribution in [0, 0.1) is 0 Å². The summed E-state index contributed by atoms with van der Waals surface area (Å²) < 4.78 is 0. The van der Waals surface area contributed by atoms with Gasteiger partial charge < -0.3 is 15.6 Å². The molecule has 5 aliphatic heterocycles. The molecule has 0 unspecified atom stereocenters. The highest BCUT2D eigenvalue weighted by Gasteiger charge is 2.26. The Kier molecular flexibility index (Phi) is 3.96. The molecule has 150 valence electrons. The van der Waals surface area contributed by atoms with Gasteiger partial charge in [-0.3, -0.25) is 0 Å². The number of nitrogens with one attached hydrogen (secondary N) is 3. The zero-order chi connectivity index (χ0) is 20.8. The van der Waals surface area contributed by atoms with Crippen LogP contribution in [0.4, 0.5) is 0 Å². The van der Waals surface area contributed by atoms with Gasteiger partial charge in [0.05, 0.1) is 34.2 Å². The van der Waals surface area contributed by atoms with Crippen molar-refractivity contribution in [2.24, 2.45) is 15.0 Å². The molecule has 0 saturated carbocycles. The monoisotopic (exact) mass is 404 g/mol. The van der Waals surface area contributed by atoms with Gasteiger partial charge in [-0.2, -0.15) is 0 Å². The second kappa shape index (κ2) is 6.95. The maximum absolute atomic E-state index is 4.99. The van der Waals surface area contributed by atoms with Crippen molar-refractivity contribution in [2.45, 2.75) is 13.3 Å². The van der Waals surface area contributed by atoms with Gasteiger partial charge in [0.25, 0.3) is 0 Å². The highest BCUT2D eigenvalue weighted by molar-refractivity contribution is 6.21. The topological polar surface area (TPSA) is 76.9 Å². The number of aromatic amines is 1. The Bertz CT molecular complexity index is 1430. The molecule has 0 saturated heterocycles. The molecule has 0 atom stereocenters. The summed E-state index contributed by atoms with van der Waals surface area (Å²) >= 11 is 0. The molecular weight excluding hydrogens is 384 g/mol. The quantitative estimate of drug-likeness (QED) is 0.672. The zero-order valence-electron chi connectivity index (χ0n) is 17.0. The SMILES string of the molecule is CCC1=C2C=C3C=CC(=N3)C=c3ccc([nH]3)=CC3=NC(=CC(=N2)C1=C1NC=CN1)C=C3. The van der Waals surface area contributed by atoms with Crippen LogP contribution in [0.15, 0.2) is 110 Å². The molecule has 0 radical (unpaired) electrons. The number of aliphatic imine (C=N–C) groups is 3. The molecule has 6 heterocycles. The van der Waals surface area contributed by atoms with E-state index < -0.39 is 0 Å². The molecule has 1 aromatic heterocycles. The third-order valence-corrected chi connectivity index (χ3v) is 5.52. The Morgan fingerprint density at radius 1 is 0.742 bits per heavy atom. The highest BCUT2D eigenvalue weighted by atomic mass is 15.1. The van der Waals surface area contributed by atoms with Crippen molar-refractivity contribution >= 4 is 29.3 Å². The van der Waals surface area contributed by atoms with Crippen molar-refractivity contribution in [1.29, 1.82) is 0 Å². The summed E-state index contributed by atoms with van der Waals surface area (Å²) in [5.41, 5.74) is 7.66. The number of allylic oxidation sites excluding steroid dienone is 8. The van der Waals surface area contributed by atoms with Gasteiger partial charge in [0, 0.05) is 28.7 Å². The molecule has 0 aromatic carbocycles. The minimum atomic E-state index is 0.854. The standard InChI is InChI=1S/C25H20N6/c1-2-21-22-13-19-7-5-17(29-19)11-15-3-4-16(28-15)12-18-6-8-20(30-18)14-23(31-22)24(21)25-26-9-10-27-25/h3-14,26-28H,2H2,1H3. The van der Waals surface area contributed by atoms with E-state index in [9.17, 15) is 0 Å². The van der Waals surface area contributed by atoms with Crippen LogP contribution in [0.5, 0.6) is 0 Å². The van der Waals surface area contributed by atoms with E-state index in [1.54, 1.807) is 0 Å². The van der Waals surface area contributed by atoms with Crippen molar-refractivity contribution in [3.05, 3.63) is 106 Å². The largest absolute Gasteiger partial charge is 0.355 e. The fraction of sp³-hybridized carbons (Fsp3) is 0.0800. The number of rotatable bonds is 1. The second-order valence-electron chi connectivity index (χ2n) is 7.62. The minimum Gasteiger partial charge on any atom is -0.355 e. The van der Waals surface area contributed by atoms with E-state index in [-0.39, 0.29) is 0 Å². The predicted molar refractivity (Wildman–Crippen MR) is 125 cm³/mol. The van der Waals surface area contributed by atoms with Crippen LogP contribution >= 0.6 is 0 Å². The lowest BCUT2D eigenvalue weighted by molar-refractivity contribution is 0.960. The lowest BCUT2D eigenvalue weighted by atomic mass is 9.98. The van der Waals surface area contributed by atoms with Gasteiger partial charge in [-0.25, -0.2) is 15.0 Å². The summed E-state index contributed by atoms with van der Waals surface area (Å²) in [6.45, 7) is 2.15. The molecule has 0 amide bonds. The molecule has 0 aliphatic carbocycles. The highest BCUT2D eigenvalue weighted by Crippen LogP contribution is 2.33. The first-order chi connectivity index (χ1) is 15.2. The molecule has 0 fully saturated rings. The number of fused-ring (bicyclic) bond motifs is 5. The van der Waals surface area contributed by atoms with Gasteiger partial charge in [-0.1, -0.05) is 6.92 Å². The van der Waals surface area contributed by atoms with E-state index in [1.807, 2.05) is 54.9 Å². The molecular formula is C25H20N6. The molecule has 8 bridgehead atoms. The predicted octanol–water partition coefficient (Wildman–Crippen LogP) is 2.37. The smallest absolute Gasteiger partial charge is 0.117 e. The van der Waals surface area contributed by atoms with Crippen molar-refractivity contribution in [1.82, 2.24) is 15.6 Å². The molecule has 31 heavy (non-hydrogen) atoms. The van der Waals surface area contributed by atoms with E-state index in [2.05, 4.69) is 40.8 Å². The Morgan fingerprint density at radius 3 is 2.03 bits per heavy atom. The van der Waals surface area contributed by atoms with Crippen LogP contribution in [0.2, 0.25) is 0 Å². The Labute approximate surface area is 179 Å². The van der Waals surface area contributed by atoms with Crippen LogP contribution in [-0.2, 0) is 0 Å². The van der Waals surface area contributed by atoms with Gasteiger partial charge in [0.1, 0.15) is 5.82 Å². The molecule has 6 rings (SSSR count). The average molecular weight is 404 g/mol. The van der Waals surface area contributed by atoms with Gasteiger partial charge >= 0.3 is 0 Å². The second-order valence-corrected chi connectivity index (χ2v) is 7.62. The minimum absolute atomic E-state index is 0.854. The number of nitrogens with zero attached hydrogens (tertiary/aromatic N) is 3. The van der Waals surface area contributed by atoms with Crippen LogP contribution in [0.3, 0.4) is 0 Å². The third kappa shape index (κ3) is 3.18. The first-order valence-corrected chi connectivity index (χ1v) is 10.4. The van der Waals surface area contributed by atoms with Crippen LogP contribution in [0.1, 0.15) is 13.3 Å². The maximum Gasteiger partial charge on any atom is 0.117 e. The van der Waals surface area contributed by atoms with Crippen LogP contribution in [-0.4, -0.2) is 22.1 Å². The van der Waals surface area contributed by atoms with E-state index in [0.29, 0.717) is 0 Å². The van der Waals surface area contributed by atoms with Crippen molar-refractivity contribution in [2.75, 3.05) is 0 Å². The molecule has 6 nitrogen and oxygen atoms in total. The first kappa shape index (κ1) is 17.7. The third-order valence-electron chi connectivity index (χ3n) is 5.52. The summed E-state index contributed by atoms with van der Waals surface area (Å²) in [6.07, 6.45) is 20.9. The first-order valence-electron chi connectivity index (χ1n) is 10.4. The Balaban J connectivity index is 1.58. The Morgan fingerprint density at radius 2 is 1.39 bits per heavy atom. The fourth-order valence-electron chi connectivity index (χ4n) is 4.14. The van der Waals surface area contributed by atoms with Crippen molar-refractivity contribution in [3.63, 3.8) is 0 Å². The van der Waals surface area contributed by atoms with Crippen LogP contribution in [0.25, 0.3) is 12.2 Å². The van der Waals surface area contributed by atoms with Crippen LogP contribution < -0.4 is 21.3 Å². The molecule has 1 aromatic rings. The van der Waals surface area contributed by atoms with E-state index in [1.165, 1.54) is 5.57 Å². The summed E-state index contributed by atoms with van der Waals surface area (Å²) in [5.74, 6) is 0.939. The van der Waals surface area contributed by atoms with E-state index >= 15 is 0 Å². The molecule has 6 heteroatoms. The zero-order valence-corrected chi connectivity index (χ0v) is 17.0. The average Bonchev–Trinajstić information content (AvgIpc) is 3.56. The van der Waals surface area contributed by atoms with Gasteiger partial charge in [-0.05, 0) is 72.7 Å². The van der Waals surface area contributed by atoms with Crippen molar-refractivity contribution < 1.29 is 0 Å². The number of H-pyrrole nitrogens is 1. The normalized spacial score (nSPS) is 20.6. The van der Waals surface area contributed by atoms with Crippen molar-refractivity contribution in [3.8, 4) is 0 Å². The number of hydrogen-bond acceptors (Lipinski definition) is 5. The summed E-state index contributed by atoms with van der Waals surface area (Å²) in [5, 5.41) is 8.61. The lowest BCUT2D eigenvalue weighted by Gasteiger charge is -2.10. The molecule has 5 aliphatic rings. The molecule has 0 spiro atoms. The van der Waals surface area contributed by atoms with Gasteiger partial charge in [-0.15, -0.1) is 0 Å². The van der Waals surface area contributed by atoms with E-state index in [4.69, 9.17) is 15.0 Å². The van der Waals surface area contributed by atoms with Gasteiger partial charge in [0.2, 0.25) is 0 Å². The number of hydrogen-bond donors (Lipinski definition) is 3. The maximum atomic E-state index is 4.99. The van der Waals surface area contributed by atoms with E-state index in [0.717, 1.165) is 62.7 Å². The summed E-state index contributed by atoms with van der Waals surface area (Å²) in [6, 6.07) is 4.10. The lowest BCUT2D eigenvalue weighted by Crippen LogP contribution is -2.17. The summed E-state index contributed by atoms with van der Waals surface area (Å²) in [4.78, 5) is 17.9.